The molecule has 1 saturated carbocycles. The van der Waals surface area contributed by atoms with Gasteiger partial charge in [0.05, 0.1) is 37.2 Å². The topological polar surface area (TPSA) is 103 Å². The van der Waals surface area contributed by atoms with Gasteiger partial charge in [-0.3, -0.25) is 9.69 Å². The number of likely N-dealkylation sites (N-methyl/N-ethyl adjacent to an activating group) is 1. The maximum absolute atomic E-state index is 14.9. The van der Waals surface area contributed by atoms with Crippen LogP contribution in [0.3, 0.4) is 0 Å². The molecule has 3 N–H and O–H groups in total. The summed E-state index contributed by atoms with van der Waals surface area (Å²) >= 11 is 0. The van der Waals surface area contributed by atoms with Crippen LogP contribution >= 0.6 is 0 Å². The third-order valence-corrected chi connectivity index (χ3v) is 7.68. The number of nitrogens with one attached hydrogen (secondary N) is 2. The molecule has 3 heterocycles. The normalized spacial score (nSPS) is 20.1. The highest BCUT2D eigenvalue weighted by Crippen LogP contribution is 2.50. The molecule has 2 fully saturated rings. The summed E-state index contributed by atoms with van der Waals surface area (Å²) in [7, 11) is 3.59. The molecule has 0 bridgehead atoms. The molecule has 9 nitrogen and oxygen atoms in total. The third kappa shape index (κ3) is 4.15. The van der Waals surface area contributed by atoms with E-state index < -0.39 is 5.82 Å². The summed E-state index contributed by atoms with van der Waals surface area (Å²) in [5, 5.41) is 16.0. The molecule has 192 valence electrons. The minimum Gasteiger partial charge on any atom is -0.495 e. The minimum atomic E-state index is -0.571. The molecule has 2 aliphatic heterocycles. The van der Waals surface area contributed by atoms with Gasteiger partial charge < -0.3 is 25.4 Å². The Hall–Kier alpha value is -3.76. The van der Waals surface area contributed by atoms with Gasteiger partial charge in [-0.25, -0.2) is 14.4 Å². The molecule has 1 unspecified atom stereocenters. The Morgan fingerprint density at radius 3 is 2.84 bits per heavy atom. The predicted octanol–water partition coefficient (Wildman–Crippen LogP) is 2.88. The van der Waals surface area contributed by atoms with Crippen molar-refractivity contribution in [3.63, 3.8) is 0 Å². The first-order chi connectivity index (χ1) is 17.9. The van der Waals surface area contributed by atoms with E-state index in [-0.39, 0.29) is 35.7 Å². The van der Waals surface area contributed by atoms with Gasteiger partial charge in [0.15, 0.2) is 5.82 Å². The number of benzene rings is 2. The first-order valence-electron chi connectivity index (χ1n) is 12.4. The van der Waals surface area contributed by atoms with E-state index >= 15 is 0 Å². The van der Waals surface area contributed by atoms with Crippen LogP contribution in [0.15, 0.2) is 42.6 Å². The number of hydrogen-bond acceptors (Lipinski definition) is 8. The summed E-state index contributed by atoms with van der Waals surface area (Å²) in [6.07, 6.45) is 2.98. The Bertz CT molecular complexity index is 1380. The second-order valence-electron chi connectivity index (χ2n) is 9.96. The molecule has 2 aromatic carbocycles. The zero-order valence-electron chi connectivity index (χ0n) is 20.8. The van der Waals surface area contributed by atoms with E-state index in [0.717, 1.165) is 43.4 Å². The average molecular weight is 505 g/mol. The molecule has 10 heteroatoms. The fourth-order valence-corrected chi connectivity index (χ4v) is 5.29. The Morgan fingerprint density at radius 2 is 2.08 bits per heavy atom. The summed E-state index contributed by atoms with van der Waals surface area (Å²) in [4.78, 5) is 25.5. The van der Waals surface area contributed by atoms with Crippen molar-refractivity contribution in [2.75, 3.05) is 50.6 Å². The lowest BCUT2D eigenvalue weighted by Gasteiger charge is -2.40. The van der Waals surface area contributed by atoms with E-state index in [1.54, 1.807) is 19.2 Å². The molecule has 1 amide bonds. The average Bonchev–Trinajstić information content (AvgIpc) is 3.64. The van der Waals surface area contributed by atoms with Crippen LogP contribution in [0, 0.1) is 5.82 Å². The van der Waals surface area contributed by atoms with Crippen molar-refractivity contribution in [3.8, 4) is 17.0 Å². The van der Waals surface area contributed by atoms with Crippen molar-refractivity contribution in [2.24, 2.45) is 0 Å². The van der Waals surface area contributed by atoms with E-state index in [0.29, 0.717) is 29.1 Å². The highest BCUT2D eigenvalue weighted by molar-refractivity contribution is 6.01. The number of nitrogens with zero attached hydrogens (tertiary/aromatic N) is 4. The maximum Gasteiger partial charge on any atom is 0.252 e. The lowest BCUT2D eigenvalue weighted by molar-refractivity contribution is 0.0952. The van der Waals surface area contributed by atoms with Crippen molar-refractivity contribution in [3.05, 3.63) is 59.5 Å². The Balaban J connectivity index is 1.29. The molecule has 1 aromatic heterocycles. The number of piperazine rings is 1. The second-order valence-corrected chi connectivity index (χ2v) is 9.96. The minimum absolute atomic E-state index is 0.0550. The van der Waals surface area contributed by atoms with Gasteiger partial charge in [0.1, 0.15) is 11.4 Å². The van der Waals surface area contributed by atoms with Crippen molar-refractivity contribution < 1.29 is 19.0 Å². The zero-order valence-corrected chi connectivity index (χ0v) is 20.8. The third-order valence-electron chi connectivity index (χ3n) is 7.68. The van der Waals surface area contributed by atoms with Gasteiger partial charge in [-0.2, -0.15) is 0 Å². The standard InChI is InChI=1S/C27H29FN6O3/c1-33-9-10-34(14-18(33)15-35)17-4-6-23(37-2)22(12-17)30-26-29-13-21(28)24(31-26)16-3-5-20-19(11-16)25(36)32-27(20)7-8-27/h3-6,11-13,18,35H,7-10,14-15H2,1-2H3,(H,32,36)(H,29,30,31). The highest BCUT2D eigenvalue weighted by atomic mass is 19.1. The first-order valence-corrected chi connectivity index (χ1v) is 12.4. The van der Waals surface area contributed by atoms with Crippen LogP contribution in [0.2, 0.25) is 0 Å². The molecule has 1 saturated heterocycles. The van der Waals surface area contributed by atoms with Gasteiger partial charge in [0.2, 0.25) is 5.95 Å². The molecule has 0 radical (unpaired) electrons. The number of rotatable bonds is 6. The number of hydrogen-bond donors (Lipinski definition) is 3. The molecule has 3 aliphatic rings. The lowest BCUT2D eigenvalue weighted by atomic mass is 9.99. The summed E-state index contributed by atoms with van der Waals surface area (Å²) in [6, 6.07) is 11.2. The van der Waals surface area contributed by atoms with E-state index in [1.807, 2.05) is 31.3 Å². The molecule has 37 heavy (non-hydrogen) atoms. The van der Waals surface area contributed by atoms with E-state index in [1.165, 1.54) is 0 Å². The number of amides is 1. The molecular weight excluding hydrogens is 475 g/mol. The fraction of sp³-hybridized carbons (Fsp3) is 0.370. The van der Waals surface area contributed by atoms with Crippen molar-refractivity contribution in [1.29, 1.82) is 0 Å². The van der Waals surface area contributed by atoms with Crippen LogP contribution in [-0.2, 0) is 5.54 Å². The van der Waals surface area contributed by atoms with E-state index in [4.69, 9.17) is 4.74 Å². The monoisotopic (exact) mass is 504 g/mol. The van der Waals surface area contributed by atoms with Crippen molar-refractivity contribution >= 4 is 23.2 Å². The van der Waals surface area contributed by atoms with Gasteiger partial charge in [0, 0.05) is 36.4 Å². The molecule has 1 spiro atoms. The molecule has 3 aromatic rings. The number of methoxy groups -OCH3 is 1. The molecular formula is C27H29FN6O3. The smallest absolute Gasteiger partial charge is 0.252 e. The second kappa shape index (κ2) is 8.97. The molecule has 6 rings (SSSR count). The number of anilines is 3. The van der Waals surface area contributed by atoms with Crippen LogP contribution in [0.5, 0.6) is 5.75 Å². The van der Waals surface area contributed by atoms with Crippen LogP contribution in [-0.4, -0.2) is 72.3 Å². The van der Waals surface area contributed by atoms with Crippen LogP contribution in [0.4, 0.5) is 21.7 Å². The number of fused-ring (bicyclic) bond motifs is 2. The summed E-state index contributed by atoms with van der Waals surface area (Å²) < 4.78 is 20.4. The van der Waals surface area contributed by atoms with Gasteiger partial charge in [0.25, 0.3) is 5.91 Å². The van der Waals surface area contributed by atoms with Gasteiger partial charge in [-0.05, 0) is 49.7 Å². The predicted molar refractivity (Wildman–Crippen MR) is 138 cm³/mol. The Kier molecular flexibility index (Phi) is 5.73. The Labute approximate surface area is 214 Å². The van der Waals surface area contributed by atoms with Gasteiger partial charge in [-0.1, -0.05) is 12.1 Å². The number of halogens is 1. The Morgan fingerprint density at radius 1 is 1.24 bits per heavy atom. The highest BCUT2D eigenvalue weighted by Gasteiger charge is 2.52. The van der Waals surface area contributed by atoms with Crippen LogP contribution < -0.4 is 20.3 Å². The fourth-order valence-electron chi connectivity index (χ4n) is 5.29. The quantitative estimate of drug-likeness (QED) is 0.471. The summed E-state index contributed by atoms with van der Waals surface area (Å²) in [5.74, 6) is 0.103. The van der Waals surface area contributed by atoms with Crippen LogP contribution in [0.1, 0.15) is 28.8 Å². The number of ether oxygens (including phenoxy) is 1. The number of aliphatic hydroxyl groups excluding tert-OH is 1. The summed E-state index contributed by atoms with van der Waals surface area (Å²) in [6.45, 7) is 2.45. The number of aromatic nitrogens is 2. The number of carbonyl (C=O) groups is 1. The molecule has 1 atom stereocenters. The van der Waals surface area contributed by atoms with E-state index in [9.17, 15) is 14.3 Å². The van der Waals surface area contributed by atoms with Crippen molar-refractivity contribution in [2.45, 2.75) is 24.4 Å². The number of aliphatic hydroxyl groups is 1. The zero-order chi connectivity index (χ0) is 25.7. The number of carbonyl (C=O) groups excluding carboxylic acids is 1. The largest absolute Gasteiger partial charge is 0.495 e. The maximum atomic E-state index is 14.9. The van der Waals surface area contributed by atoms with Crippen LogP contribution in [0.25, 0.3) is 11.3 Å². The van der Waals surface area contributed by atoms with Gasteiger partial charge in [-0.15, -0.1) is 0 Å². The summed E-state index contributed by atoms with van der Waals surface area (Å²) in [5.41, 5.74) is 3.56. The van der Waals surface area contributed by atoms with E-state index in [2.05, 4.69) is 30.4 Å². The lowest BCUT2D eigenvalue weighted by Crippen LogP contribution is -2.53. The van der Waals surface area contributed by atoms with Gasteiger partial charge >= 0.3 is 0 Å². The first kappa shape index (κ1) is 23.6. The SMILES string of the molecule is COc1ccc(N2CCN(C)C(CO)C2)cc1Nc1ncc(F)c(-c2ccc3c(c2)C(=O)NC32CC2)n1. The van der Waals surface area contributed by atoms with Crippen molar-refractivity contribution in [1.82, 2.24) is 20.2 Å². The molecule has 1 aliphatic carbocycles.